The van der Waals surface area contributed by atoms with E-state index in [1.807, 2.05) is 31.3 Å². The van der Waals surface area contributed by atoms with Crippen LogP contribution in [0.3, 0.4) is 0 Å². The molecule has 1 aliphatic heterocycles. The Kier molecular flexibility index (Phi) is 4.61. The maximum absolute atomic E-state index is 12.2. The number of hydrogen-bond acceptors (Lipinski definition) is 2. The van der Waals surface area contributed by atoms with Crippen molar-refractivity contribution in [3.8, 4) is 0 Å². The monoisotopic (exact) mass is 266 g/mol. The summed E-state index contributed by atoms with van der Waals surface area (Å²) in [4.78, 5) is 14.0. The van der Waals surface area contributed by atoms with Crippen molar-refractivity contribution in [2.24, 2.45) is 0 Å². The number of nitrogens with zero attached hydrogens (tertiary/aromatic N) is 1. The largest absolute Gasteiger partial charge is 0.340 e. The van der Waals surface area contributed by atoms with Crippen LogP contribution in [0.5, 0.6) is 0 Å². The van der Waals surface area contributed by atoms with Gasteiger partial charge in [0, 0.05) is 18.6 Å². The smallest absolute Gasteiger partial charge is 0.239 e. The number of likely N-dealkylation sites (N-methyl/N-ethyl adjacent to an activating group) is 1. The molecule has 98 valence electrons. The number of piperidine rings is 1. The molecular formula is C14H19ClN2O. The van der Waals surface area contributed by atoms with Gasteiger partial charge in [-0.25, -0.2) is 0 Å². The molecule has 0 saturated carbocycles. The summed E-state index contributed by atoms with van der Waals surface area (Å²) in [6, 6.07) is 7.64. The maximum atomic E-state index is 12.2. The summed E-state index contributed by atoms with van der Waals surface area (Å²) in [5, 5.41) is 3.99. The Labute approximate surface area is 113 Å². The third-order valence-electron chi connectivity index (χ3n) is 3.29. The van der Waals surface area contributed by atoms with Crippen molar-refractivity contribution >= 4 is 17.5 Å². The highest BCUT2D eigenvalue weighted by Crippen LogP contribution is 2.14. The number of hydrogen-bond donors (Lipinski definition) is 1. The topological polar surface area (TPSA) is 32.3 Å². The highest BCUT2D eigenvalue weighted by atomic mass is 35.5. The summed E-state index contributed by atoms with van der Waals surface area (Å²) in [6.07, 6.45) is 3.24. The van der Waals surface area contributed by atoms with Gasteiger partial charge in [0.2, 0.25) is 5.91 Å². The molecule has 3 nitrogen and oxygen atoms in total. The first-order valence-corrected chi connectivity index (χ1v) is 6.77. The normalized spacial score (nSPS) is 19.6. The first kappa shape index (κ1) is 13.4. The molecule has 0 unspecified atom stereocenters. The van der Waals surface area contributed by atoms with Crippen LogP contribution in [-0.2, 0) is 11.3 Å². The molecule has 1 heterocycles. The standard InChI is InChI=1S/C14H19ClN2O/c1-17(10-11-5-4-6-12(15)9-11)14(18)13-7-2-3-8-16-13/h4-6,9,13,16H,2-3,7-8,10H2,1H3/t13-/m1/s1. The lowest BCUT2D eigenvalue weighted by Crippen LogP contribution is -2.46. The Morgan fingerprint density at radius 1 is 1.50 bits per heavy atom. The van der Waals surface area contributed by atoms with E-state index in [1.165, 1.54) is 6.42 Å². The zero-order valence-corrected chi connectivity index (χ0v) is 11.4. The summed E-state index contributed by atoms with van der Waals surface area (Å²) in [5.74, 6) is 0.176. The van der Waals surface area contributed by atoms with Gasteiger partial charge in [0.15, 0.2) is 0 Å². The van der Waals surface area contributed by atoms with Gasteiger partial charge in [-0.1, -0.05) is 30.2 Å². The van der Waals surface area contributed by atoms with Crippen LogP contribution in [0.15, 0.2) is 24.3 Å². The molecule has 1 atom stereocenters. The summed E-state index contributed by atoms with van der Waals surface area (Å²) < 4.78 is 0. The Morgan fingerprint density at radius 2 is 2.33 bits per heavy atom. The number of rotatable bonds is 3. The van der Waals surface area contributed by atoms with Gasteiger partial charge in [-0.05, 0) is 37.1 Å². The zero-order chi connectivity index (χ0) is 13.0. The van der Waals surface area contributed by atoms with Crippen molar-refractivity contribution < 1.29 is 4.79 Å². The van der Waals surface area contributed by atoms with E-state index < -0.39 is 0 Å². The molecular weight excluding hydrogens is 248 g/mol. The minimum Gasteiger partial charge on any atom is -0.340 e. The molecule has 1 aromatic carbocycles. The second kappa shape index (κ2) is 6.21. The van der Waals surface area contributed by atoms with Crippen LogP contribution in [0.1, 0.15) is 24.8 Å². The number of carbonyl (C=O) groups is 1. The van der Waals surface area contributed by atoms with Gasteiger partial charge in [-0.3, -0.25) is 4.79 Å². The van der Waals surface area contributed by atoms with Crippen LogP contribution in [0.4, 0.5) is 0 Å². The van der Waals surface area contributed by atoms with Crippen molar-refractivity contribution in [3.05, 3.63) is 34.9 Å². The molecule has 1 N–H and O–H groups in total. The van der Waals surface area contributed by atoms with Crippen molar-refractivity contribution in [2.45, 2.75) is 31.8 Å². The van der Waals surface area contributed by atoms with Crippen LogP contribution >= 0.6 is 11.6 Å². The predicted molar refractivity (Wildman–Crippen MR) is 73.6 cm³/mol. The first-order valence-electron chi connectivity index (χ1n) is 6.39. The quantitative estimate of drug-likeness (QED) is 0.911. The lowest BCUT2D eigenvalue weighted by atomic mass is 10.0. The molecule has 0 bridgehead atoms. The average Bonchev–Trinajstić information content (AvgIpc) is 2.39. The fraction of sp³-hybridized carbons (Fsp3) is 0.500. The van der Waals surface area contributed by atoms with Crippen molar-refractivity contribution in [1.29, 1.82) is 0 Å². The molecule has 0 aromatic heterocycles. The molecule has 1 amide bonds. The van der Waals surface area contributed by atoms with Crippen LogP contribution < -0.4 is 5.32 Å². The van der Waals surface area contributed by atoms with Crippen molar-refractivity contribution in [3.63, 3.8) is 0 Å². The summed E-state index contributed by atoms with van der Waals surface area (Å²) in [5.41, 5.74) is 1.06. The molecule has 1 saturated heterocycles. The molecule has 1 fully saturated rings. The molecule has 0 radical (unpaired) electrons. The minimum absolute atomic E-state index is 0.0112. The number of amides is 1. The van der Waals surface area contributed by atoms with E-state index in [0.717, 1.165) is 24.9 Å². The van der Waals surface area contributed by atoms with Gasteiger partial charge in [0.25, 0.3) is 0 Å². The number of benzene rings is 1. The van der Waals surface area contributed by atoms with Gasteiger partial charge < -0.3 is 10.2 Å². The SMILES string of the molecule is CN(Cc1cccc(Cl)c1)C(=O)[C@H]1CCCCN1. The van der Waals surface area contributed by atoms with E-state index in [4.69, 9.17) is 11.6 Å². The van der Waals surface area contributed by atoms with Gasteiger partial charge in [-0.2, -0.15) is 0 Å². The summed E-state index contributed by atoms with van der Waals surface area (Å²) in [7, 11) is 1.85. The average molecular weight is 267 g/mol. The second-order valence-electron chi connectivity index (χ2n) is 4.83. The highest BCUT2D eigenvalue weighted by molar-refractivity contribution is 6.30. The van der Waals surface area contributed by atoms with E-state index in [9.17, 15) is 4.79 Å². The fourth-order valence-electron chi connectivity index (χ4n) is 2.32. The van der Waals surface area contributed by atoms with Crippen LogP contribution in [0, 0.1) is 0 Å². The molecule has 1 aliphatic rings. The van der Waals surface area contributed by atoms with Crippen molar-refractivity contribution in [2.75, 3.05) is 13.6 Å². The van der Waals surface area contributed by atoms with E-state index in [0.29, 0.717) is 11.6 Å². The van der Waals surface area contributed by atoms with E-state index in [2.05, 4.69) is 5.32 Å². The van der Waals surface area contributed by atoms with Crippen LogP contribution in [0.25, 0.3) is 0 Å². The lowest BCUT2D eigenvalue weighted by molar-refractivity contribution is -0.133. The molecule has 4 heteroatoms. The predicted octanol–water partition coefficient (Wildman–Crippen LogP) is 2.44. The summed E-state index contributed by atoms with van der Waals surface area (Å²) in [6.45, 7) is 1.55. The molecule has 2 rings (SSSR count). The van der Waals surface area contributed by atoms with Crippen molar-refractivity contribution in [1.82, 2.24) is 10.2 Å². The van der Waals surface area contributed by atoms with Gasteiger partial charge in [0.1, 0.15) is 0 Å². The van der Waals surface area contributed by atoms with Gasteiger partial charge in [0.05, 0.1) is 6.04 Å². The van der Waals surface area contributed by atoms with Crippen LogP contribution in [-0.4, -0.2) is 30.4 Å². The van der Waals surface area contributed by atoms with E-state index in [1.54, 1.807) is 4.90 Å². The third-order valence-corrected chi connectivity index (χ3v) is 3.53. The number of carbonyl (C=O) groups excluding carboxylic acids is 1. The number of nitrogens with one attached hydrogen (secondary N) is 1. The molecule has 1 aromatic rings. The molecule has 0 spiro atoms. The Hall–Kier alpha value is -1.06. The van der Waals surface area contributed by atoms with Gasteiger partial charge >= 0.3 is 0 Å². The maximum Gasteiger partial charge on any atom is 0.239 e. The number of halogens is 1. The van der Waals surface area contributed by atoms with Gasteiger partial charge in [-0.15, -0.1) is 0 Å². The molecule has 0 aliphatic carbocycles. The lowest BCUT2D eigenvalue weighted by Gasteiger charge is -2.27. The molecule has 18 heavy (non-hydrogen) atoms. The summed E-state index contributed by atoms with van der Waals surface area (Å²) >= 11 is 5.94. The highest BCUT2D eigenvalue weighted by Gasteiger charge is 2.23. The fourth-order valence-corrected chi connectivity index (χ4v) is 2.53. The van der Waals surface area contributed by atoms with E-state index >= 15 is 0 Å². The Bertz CT molecular complexity index is 416. The first-order chi connectivity index (χ1) is 8.66. The Morgan fingerprint density at radius 3 is 3.00 bits per heavy atom. The van der Waals surface area contributed by atoms with E-state index in [-0.39, 0.29) is 11.9 Å². The third kappa shape index (κ3) is 3.47. The van der Waals surface area contributed by atoms with Crippen LogP contribution in [0.2, 0.25) is 5.02 Å². The minimum atomic E-state index is -0.0112. The second-order valence-corrected chi connectivity index (χ2v) is 5.26. The zero-order valence-electron chi connectivity index (χ0n) is 10.7. The Balaban J connectivity index is 1.94.